The average Bonchev–Trinajstić information content (AvgIpc) is 2.47. The number of carboxylic acids is 1. The quantitative estimate of drug-likeness (QED) is 0.760. The van der Waals surface area contributed by atoms with Gasteiger partial charge in [-0.3, -0.25) is 0 Å². The molecule has 0 spiro atoms. The monoisotopic (exact) mass is 408 g/mol. The van der Waals surface area contributed by atoms with E-state index in [2.05, 4.69) is 0 Å². The second kappa shape index (κ2) is 8.67. The van der Waals surface area contributed by atoms with Crippen molar-refractivity contribution in [3.8, 4) is 0 Å². The molecular formula is C14H12AsCl3O3. The summed E-state index contributed by atoms with van der Waals surface area (Å²) in [6.07, 6.45) is 0. The zero-order valence-corrected chi connectivity index (χ0v) is 14.8. The average molecular weight is 410 g/mol. The molecule has 2 rings (SSSR count). The third-order valence-corrected chi connectivity index (χ3v) is 2.69. The van der Waals surface area contributed by atoms with E-state index in [4.69, 9.17) is 29.8 Å². The van der Waals surface area contributed by atoms with Crippen LogP contribution in [0.1, 0.15) is 11.1 Å². The molecule has 0 heterocycles. The van der Waals surface area contributed by atoms with Crippen LogP contribution < -0.4 is 0 Å². The van der Waals surface area contributed by atoms with Crippen molar-refractivity contribution in [2.75, 3.05) is 0 Å². The third kappa shape index (κ3) is 5.21. The van der Waals surface area contributed by atoms with Gasteiger partial charge in [-0.1, -0.05) is 60.7 Å². The first-order valence-corrected chi connectivity index (χ1v) is 13.1. The Bertz CT molecular complexity index is 522. The molecule has 0 radical (unpaired) electrons. The molecule has 0 aromatic heterocycles. The van der Waals surface area contributed by atoms with Gasteiger partial charge in [0.25, 0.3) is 0 Å². The van der Waals surface area contributed by atoms with Crippen LogP contribution in [0.2, 0.25) is 0 Å². The summed E-state index contributed by atoms with van der Waals surface area (Å²) in [5.41, 5.74) is -1.31. The van der Waals surface area contributed by atoms with Crippen LogP contribution in [0, 0.1) is 0 Å². The van der Waals surface area contributed by atoms with Crippen molar-refractivity contribution in [2.24, 2.45) is 0 Å². The molecule has 2 aromatic carbocycles. The number of benzene rings is 2. The summed E-state index contributed by atoms with van der Waals surface area (Å²) in [6.45, 7) is 0. The first-order valence-electron chi connectivity index (χ1n) is 5.73. The molecule has 0 bridgehead atoms. The molecule has 2 aromatic rings. The molecule has 3 nitrogen and oxygen atoms in total. The summed E-state index contributed by atoms with van der Waals surface area (Å²) in [6, 6.07) is 16.7. The molecule has 0 saturated carbocycles. The van der Waals surface area contributed by atoms with Gasteiger partial charge >= 0.3 is 47.6 Å². The van der Waals surface area contributed by atoms with Crippen LogP contribution >= 0.6 is 29.8 Å². The third-order valence-electron chi connectivity index (χ3n) is 2.69. The molecule has 0 aliphatic rings. The molecule has 0 saturated heterocycles. The first kappa shape index (κ1) is 18.3. The van der Waals surface area contributed by atoms with Crippen LogP contribution in [0.15, 0.2) is 60.7 Å². The number of carbonyl (C=O) groups is 1. The van der Waals surface area contributed by atoms with Crippen molar-refractivity contribution in [3.63, 3.8) is 0 Å². The smallest absolute Gasteiger partial charge is 0.345 e. The summed E-state index contributed by atoms with van der Waals surface area (Å²) < 4.78 is 0. The Kier molecular flexibility index (Phi) is 7.58. The molecule has 0 fully saturated rings. The Labute approximate surface area is 139 Å². The second-order valence-electron chi connectivity index (χ2n) is 3.94. The zero-order chi connectivity index (χ0) is 15.9. The van der Waals surface area contributed by atoms with Gasteiger partial charge < -0.3 is 10.2 Å². The molecule has 0 atom stereocenters. The molecule has 7 heteroatoms. The summed E-state index contributed by atoms with van der Waals surface area (Å²) in [5, 5.41) is 19.7. The number of halogens is 3. The molecule has 0 aliphatic carbocycles. The van der Waals surface area contributed by atoms with E-state index in [9.17, 15) is 15.0 Å². The SMILES string of the molecule is Cl[As](Cl)Cl.O=C(O)C(O)(c1ccccc1)c1ccccc1. The number of aliphatic hydroxyl groups is 1. The van der Waals surface area contributed by atoms with E-state index in [0.29, 0.717) is 11.1 Å². The van der Waals surface area contributed by atoms with Gasteiger partial charge in [-0.2, -0.15) is 0 Å². The van der Waals surface area contributed by atoms with Crippen LogP contribution in [0.3, 0.4) is 0 Å². The number of hydrogen-bond donors (Lipinski definition) is 2. The predicted octanol–water partition coefficient (Wildman–Crippen LogP) is 3.69. The molecule has 0 amide bonds. The number of rotatable bonds is 3. The number of carboxylic acid groups (broad SMARTS) is 1. The Morgan fingerprint density at radius 1 is 0.857 bits per heavy atom. The van der Waals surface area contributed by atoms with Crippen molar-refractivity contribution >= 4 is 47.6 Å². The second-order valence-corrected chi connectivity index (χ2v) is 12.7. The van der Waals surface area contributed by atoms with E-state index < -0.39 is 23.4 Å². The minimum atomic E-state index is -2.00. The maximum atomic E-state index is 11.4. The first-order chi connectivity index (χ1) is 9.89. The maximum Gasteiger partial charge on any atom is 0.345 e. The van der Waals surface area contributed by atoms with E-state index >= 15 is 0 Å². The Balaban J connectivity index is 0.000000491. The van der Waals surface area contributed by atoms with Crippen LogP contribution in [0.25, 0.3) is 0 Å². The fourth-order valence-corrected chi connectivity index (χ4v) is 1.77. The van der Waals surface area contributed by atoms with E-state index in [0.717, 1.165) is 0 Å². The fourth-order valence-electron chi connectivity index (χ4n) is 1.77. The fraction of sp³-hybridized carbons (Fsp3) is 0.0714. The van der Waals surface area contributed by atoms with E-state index in [1.54, 1.807) is 60.7 Å². The molecule has 2 N–H and O–H groups in total. The molecule has 0 unspecified atom stereocenters. The van der Waals surface area contributed by atoms with Crippen molar-refractivity contribution < 1.29 is 15.0 Å². The molecule has 21 heavy (non-hydrogen) atoms. The normalized spacial score (nSPS) is 10.7. The maximum absolute atomic E-state index is 11.4. The number of hydrogen-bond acceptors (Lipinski definition) is 2. The van der Waals surface area contributed by atoms with Gasteiger partial charge in [0.1, 0.15) is 0 Å². The van der Waals surface area contributed by atoms with Gasteiger partial charge in [0.15, 0.2) is 0 Å². The number of aliphatic carboxylic acids is 1. The van der Waals surface area contributed by atoms with Crippen molar-refractivity contribution in [2.45, 2.75) is 5.60 Å². The van der Waals surface area contributed by atoms with Crippen LogP contribution in [-0.4, -0.2) is 28.0 Å². The summed E-state index contributed by atoms with van der Waals surface area (Å²) in [4.78, 5) is 11.4. The largest absolute Gasteiger partial charge is 0.479 e. The Morgan fingerprint density at radius 2 is 1.14 bits per heavy atom. The summed E-state index contributed by atoms with van der Waals surface area (Å²) in [7, 11) is 14.9. The van der Waals surface area contributed by atoms with E-state index in [1.807, 2.05) is 0 Å². The molecular weight excluding hydrogens is 397 g/mol. The van der Waals surface area contributed by atoms with Crippen LogP contribution in [0.4, 0.5) is 0 Å². The van der Waals surface area contributed by atoms with E-state index in [-0.39, 0.29) is 0 Å². The van der Waals surface area contributed by atoms with Crippen molar-refractivity contribution in [3.05, 3.63) is 71.8 Å². The van der Waals surface area contributed by atoms with Crippen molar-refractivity contribution in [1.29, 1.82) is 0 Å². The topological polar surface area (TPSA) is 57.5 Å². The Morgan fingerprint density at radius 3 is 1.38 bits per heavy atom. The van der Waals surface area contributed by atoms with Gasteiger partial charge in [-0.05, 0) is 11.1 Å². The van der Waals surface area contributed by atoms with Crippen LogP contribution in [-0.2, 0) is 10.4 Å². The van der Waals surface area contributed by atoms with Gasteiger partial charge in [0.2, 0.25) is 5.60 Å². The Hall–Kier alpha value is -0.702. The summed E-state index contributed by atoms with van der Waals surface area (Å²) >= 11 is -1.77. The standard InChI is InChI=1S/C14H12O3.AsCl3/c15-13(16)14(17,11-7-3-1-4-8-11)12-9-5-2-6-10-12;2-1(3)4/h1-10,17H,(H,15,16);. The van der Waals surface area contributed by atoms with Crippen molar-refractivity contribution in [1.82, 2.24) is 0 Å². The minimum Gasteiger partial charge on any atom is -0.479 e. The van der Waals surface area contributed by atoms with Crippen LogP contribution in [0.5, 0.6) is 0 Å². The molecule has 112 valence electrons. The minimum absolute atomic E-state index is 0.346. The summed E-state index contributed by atoms with van der Waals surface area (Å²) in [5.74, 6) is -1.28. The van der Waals surface area contributed by atoms with E-state index in [1.165, 1.54) is 0 Å². The van der Waals surface area contributed by atoms with Gasteiger partial charge in [0.05, 0.1) is 0 Å². The van der Waals surface area contributed by atoms with Gasteiger partial charge in [-0.15, -0.1) is 0 Å². The van der Waals surface area contributed by atoms with Gasteiger partial charge in [0, 0.05) is 0 Å². The zero-order valence-electron chi connectivity index (χ0n) is 10.7. The predicted molar refractivity (Wildman–Crippen MR) is 86.8 cm³/mol. The van der Waals surface area contributed by atoms with Gasteiger partial charge in [-0.25, -0.2) is 4.79 Å². The molecule has 0 aliphatic heterocycles.